The fourth-order valence-electron chi connectivity index (χ4n) is 2.73. The molecule has 0 saturated heterocycles. The Morgan fingerprint density at radius 3 is 2.70 bits per heavy atom. The quantitative estimate of drug-likeness (QED) is 0.657. The zero-order chi connectivity index (χ0) is 19.6. The Kier molecular flexibility index (Phi) is 5.51. The van der Waals surface area contributed by atoms with Crippen LogP contribution < -0.4 is 10.1 Å². The fraction of sp³-hybridized carbons (Fsp3) is 0.200. The summed E-state index contributed by atoms with van der Waals surface area (Å²) in [5.41, 5.74) is 2.14. The van der Waals surface area contributed by atoms with Gasteiger partial charge in [-0.1, -0.05) is 28.1 Å². The molecule has 0 aliphatic heterocycles. The molecular weight excluding hydrogens is 412 g/mol. The van der Waals surface area contributed by atoms with Crippen LogP contribution in [0.25, 0.3) is 11.0 Å². The van der Waals surface area contributed by atoms with Crippen LogP contribution >= 0.6 is 15.9 Å². The van der Waals surface area contributed by atoms with Crippen molar-refractivity contribution < 1.29 is 18.7 Å². The van der Waals surface area contributed by atoms with Crippen LogP contribution in [0.1, 0.15) is 16.1 Å². The van der Waals surface area contributed by atoms with E-state index in [-0.39, 0.29) is 24.1 Å². The molecule has 0 saturated carbocycles. The lowest BCUT2D eigenvalue weighted by Gasteiger charge is -2.16. The van der Waals surface area contributed by atoms with Crippen LogP contribution in [0.4, 0.5) is 5.69 Å². The number of anilines is 1. The Hall–Kier alpha value is -2.80. The second kappa shape index (κ2) is 7.84. The van der Waals surface area contributed by atoms with Gasteiger partial charge >= 0.3 is 0 Å². The number of likely N-dealkylation sites (N-methyl/N-ethyl adjacent to an activating group) is 1. The number of halogens is 1. The molecular formula is C20H19BrN2O4. The third-order valence-corrected chi connectivity index (χ3v) is 4.62. The molecule has 140 valence electrons. The maximum Gasteiger partial charge on any atom is 0.289 e. The summed E-state index contributed by atoms with van der Waals surface area (Å²) in [6, 6.07) is 12.6. The van der Waals surface area contributed by atoms with E-state index < -0.39 is 0 Å². The van der Waals surface area contributed by atoms with Crippen molar-refractivity contribution in [3.05, 3.63) is 58.3 Å². The molecule has 0 unspecified atom stereocenters. The Morgan fingerprint density at radius 1 is 1.22 bits per heavy atom. The molecule has 7 heteroatoms. The highest BCUT2D eigenvalue weighted by molar-refractivity contribution is 9.10. The van der Waals surface area contributed by atoms with Gasteiger partial charge in [-0.3, -0.25) is 9.59 Å². The lowest BCUT2D eigenvalue weighted by atomic mass is 10.2. The van der Waals surface area contributed by atoms with Crippen molar-refractivity contribution in [2.24, 2.45) is 0 Å². The molecule has 0 aliphatic rings. The maximum atomic E-state index is 12.6. The third-order valence-electron chi connectivity index (χ3n) is 4.13. The van der Waals surface area contributed by atoms with Crippen molar-refractivity contribution >= 4 is 44.4 Å². The number of ether oxygens (including phenoxy) is 1. The minimum Gasteiger partial charge on any atom is -0.493 e. The molecule has 1 heterocycles. The number of carbonyl (C=O) groups is 2. The first kappa shape index (κ1) is 19.0. The van der Waals surface area contributed by atoms with E-state index in [9.17, 15) is 9.59 Å². The van der Waals surface area contributed by atoms with Crippen LogP contribution in [-0.2, 0) is 4.79 Å². The molecule has 6 nitrogen and oxygen atoms in total. The molecule has 1 N–H and O–H groups in total. The molecule has 3 aromatic rings. The third kappa shape index (κ3) is 4.14. The van der Waals surface area contributed by atoms with Crippen molar-refractivity contribution in [3.8, 4) is 5.75 Å². The number of methoxy groups -OCH3 is 1. The summed E-state index contributed by atoms with van der Waals surface area (Å²) in [7, 11) is 3.10. The highest BCUT2D eigenvalue weighted by Gasteiger charge is 2.20. The number of hydrogen-bond donors (Lipinski definition) is 1. The van der Waals surface area contributed by atoms with Crippen molar-refractivity contribution in [1.29, 1.82) is 0 Å². The number of hydrogen-bond acceptors (Lipinski definition) is 4. The minimum absolute atomic E-state index is 0.0947. The number of rotatable bonds is 5. The van der Waals surface area contributed by atoms with Crippen LogP contribution in [0.15, 0.2) is 51.4 Å². The number of furan rings is 1. The first-order valence-electron chi connectivity index (χ1n) is 8.27. The average molecular weight is 431 g/mol. The van der Waals surface area contributed by atoms with Crippen LogP contribution in [-0.4, -0.2) is 37.4 Å². The number of benzene rings is 2. The van der Waals surface area contributed by atoms with Gasteiger partial charge in [0.05, 0.1) is 13.7 Å². The molecule has 1 aromatic heterocycles. The lowest BCUT2D eigenvalue weighted by molar-refractivity contribution is -0.116. The van der Waals surface area contributed by atoms with E-state index in [1.807, 2.05) is 37.3 Å². The Balaban J connectivity index is 1.71. The summed E-state index contributed by atoms with van der Waals surface area (Å²) < 4.78 is 11.8. The number of aryl methyl sites for hydroxylation is 1. The van der Waals surface area contributed by atoms with Crippen molar-refractivity contribution in [2.75, 3.05) is 26.0 Å². The van der Waals surface area contributed by atoms with Gasteiger partial charge in [-0.25, -0.2) is 0 Å². The molecule has 0 aliphatic carbocycles. The van der Waals surface area contributed by atoms with Gasteiger partial charge in [0.2, 0.25) is 5.91 Å². The van der Waals surface area contributed by atoms with Gasteiger partial charge in [0, 0.05) is 22.6 Å². The van der Waals surface area contributed by atoms with Gasteiger partial charge in [-0.2, -0.15) is 0 Å². The first-order valence-corrected chi connectivity index (χ1v) is 9.06. The predicted molar refractivity (Wildman–Crippen MR) is 107 cm³/mol. The van der Waals surface area contributed by atoms with Crippen molar-refractivity contribution in [1.82, 2.24) is 4.90 Å². The molecule has 0 radical (unpaired) electrons. The average Bonchev–Trinajstić information content (AvgIpc) is 3.07. The number of amides is 2. The number of nitrogens with zero attached hydrogens (tertiary/aromatic N) is 1. The molecule has 2 amide bonds. The summed E-state index contributed by atoms with van der Waals surface area (Å²) >= 11 is 3.39. The van der Waals surface area contributed by atoms with Crippen molar-refractivity contribution in [3.63, 3.8) is 0 Å². The SMILES string of the molecule is COc1cccc2cc(C(=O)N(C)CC(=O)Nc3ccc(Br)cc3C)oc12. The van der Waals surface area contributed by atoms with Gasteiger partial charge in [-0.15, -0.1) is 0 Å². The summed E-state index contributed by atoms with van der Waals surface area (Å²) in [6.45, 7) is 1.81. The van der Waals surface area contributed by atoms with E-state index in [2.05, 4.69) is 21.2 Å². The molecule has 0 spiro atoms. The largest absolute Gasteiger partial charge is 0.493 e. The van der Waals surface area contributed by atoms with Gasteiger partial charge in [0.15, 0.2) is 17.1 Å². The standard InChI is InChI=1S/C20H19BrN2O4/c1-12-9-14(21)7-8-15(12)22-18(24)11-23(2)20(25)17-10-13-5-4-6-16(26-3)19(13)27-17/h4-10H,11H2,1-3H3,(H,22,24). The first-order chi connectivity index (χ1) is 12.9. The van der Waals surface area contributed by atoms with Gasteiger partial charge in [0.1, 0.15) is 0 Å². The van der Waals surface area contributed by atoms with Crippen LogP contribution in [0.5, 0.6) is 5.75 Å². The van der Waals surface area contributed by atoms with E-state index in [1.165, 1.54) is 4.90 Å². The number of para-hydroxylation sites is 1. The maximum absolute atomic E-state index is 12.6. The van der Waals surface area contributed by atoms with E-state index in [4.69, 9.17) is 9.15 Å². The van der Waals surface area contributed by atoms with E-state index in [1.54, 1.807) is 26.3 Å². The molecule has 0 bridgehead atoms. The number of fused-ring (bicyclic) bond motifs is 1. The van der Waals surface area contributed by atoms with Gasteiger partial charge in [0.25, 0.3) is 5.91 Å². The molecule has 2 aromatic carbocycles. The van der Waals surface area contributed by atoms with E-state index in [0.29, 0.717) is 17.0 Å². The second-order valence-corrected chi connectivity index (χ2v) is 7.07. The van der Waals surface area contributed by atoms with Gasteiger partial charge < -0.3 is 19.4 Å². The Bertz CT molecular complexity index is 1010. The number of nitrogens with one attached hydrogen (secondary N) is 1. The van der Waals surface area contributed by atoms with Crippen LogP contribution in [0, 0.1) is 6.92 Å². The molecule has 27 heavy (non-hydrogen) atoms. The predicted octanol–water partition coefficient (Wildman–Crippen LogP) is 4.22. The summed E-state index contributed by atoms with van der Waals surface area (Å²) in [6.07, 6.45) is 0. The smallest absolute Gasteiger partial charge is 0.289 e. The highest BCUT2D eigenvalue weighted by atomic mass is 79.9. The molecule has 0 atom stereocenters. The van der Waals surface area contributed by atoms with E-state index in [0.717, 1.165) is 15.4 Å². The Morgan fingerprint density at radius 2 is 2.00 bits per heavy atom. The summed E-state index contributed by atoms with van der Waals surface area (Å²) in [5.74, 6) is 0.0446. The van der Waals surface area contributed by atoms with Crippen molar-refractivity contribution in [2.45, 2.75) is 6.92 Å². The van der Waals surface area contributed by atoms with Crippen LogP contribution in [0.3, 0.4) is 0 Å². The molecule has 3 rings (SSSR count). The summed E-state index contributed by atoms with van der Waals surface area (Å²) in [5, 5.41) is 3.58. The monoisotopic (exact) mass is 430 g/mol. The second-order valence-electron chi connectivity index (χ2n) is 6.16. The lowest BCUT2D eigenvalue weighted by Crippen LogP contribution is -2.34. The zero-order valence-corrected chi connectivity index (χ0v) is 16.8. The minimum atomic E-state index is -0.379. The summed E-state index contributed by atoms with van der Waals surface area (Å²) in [4.78, 5) is 26.2. The van der Waals surface area contributed by atoms with E-state index >= 15 is 0 Å². The normalized spacial score (nSPS) is 10.7. The zero-order valence-electron chi connectivity index (χ0n) is 15.2. The van der Waals surface area contributed by atoms with Crippen LogP contribution in [0.2, 0.25) is 0 Å². The topological polar surface area (TPSA) is 71.8 Å². The Labute approximate surface area is 165 Å². The molecule has 0 fully saturated rings. The van der Waals surface area contributed by atoms with Gasteiger partial charge in [-0.05, 0) is 42.8 Å². The fourth-order valence-corrected chi connectivity index (χ4v) is 3.21. The highest BCUT2D eigenvalue weighted by Crippen LogP contribution is 2.29. The number of carbonyl (C=O) groups excluding carboxylic acids is 2.